The van der Waals surface area contributed by atoms with Gasteiger partial charge in [-0.3, -0.25) is 10.1 Å². The molecule has 0 atom stereocenters. The van der Waals surface area contributed by atoms with Crippen LogP contribution in [0.5, 0.6) is 0 Å². The maximum atomic E-state index is 10.0. The molecule has 1 aromatic carbocycles. The molecular weight excluding hydrogens is 160 g/mol. The molecule has 0 aliphatic rings. The van der Waals surface area contributed by atoms with Crippen molar-refractivity contribution in [3.63, 3.8) is 0 Å². The molecule has 0 saturated heterocycles. The van der Waals surface area contributed by atoms with Crippen molar-refractivity contribution in [2.24, 2.45) is 0 Å². The number of non-ortho nitro benzene ring substituents is 1. The molecule has 0 radical (unpaired) electrons. The third-order valence-electron chi connectivity index (χ3n) is 0.967. The highest BCUT2D eigenvalue weighted by Gasteiger charge is 1.98. The lowest BCUT2D eigenvalue weighted by Gasteiger charge is -1.85. The molecule has 1 N–H and O–H groups in total. The zero-order chi connectivity index (χ0) is 9.40. The predicted molar refractivity (Wildman–Crippen MR) is 41.5 cm³/mol. The summed E-state index contributed by atoms with van der Waals surface area (Å²) in [5, 5.41) is 15.4. The maximum Gasteiger partial charge on any atom is 0.269 e. The minimum atomic E-state index is -0.417. The average molecular weight is 166 g/mol. The lowest BCUT2D eigenvalue weighted by Crippen LogP contribution is -1.84. The van der Waals surface area contributed by atoms with Gasteiger partial charge in [0.25, 0.3) is 5.69 Å². The molecule has 1 rings (SSSR count). The smallest absolute Gasteiger partial charge is 0.258 e. The van der Waals surface area contributed by atoms with E-state index in [1.165, 1.54) is 12.1 Å². The maximum absolute atomic E-state index is 10.0. The van der Waals surface area contributed by atoms with Gasteiger partial charge in [0.2, 0.25) is 6.08 Å². The number of para-hydroxylation sites is 1. The van der Waals surface area contributed by atoms with Crippen LogP contribution in [0.4, 0.5) is 5.69 Å². The monoisotopic (exact) mass is 166 g/mol. The molecule has 0 bridgehead atoms. The molecule has 0 unspecified atom stereocenters. The van der Waals surface area contributed by atoms with Crippen molar-refractivity contribution in [1.82, 2.24) is 0 Å². The number of nitrogens with one attached hydrogen (secondary N) is 1. The minimum absolute atomic E-state index is 0.137. The molecule has 12 heavy (non-hydrogen) atoms. The number of nitro benzene ring substituents is 1. The Hall–Kier alpha value is -2.00. The number of rotatable bonds is 1. The lowest BCUT2D eigenvalue weighted by molar-refractivity contribution is -0.384. The molecule has 0 fully saturated rings. The van der Waals surface area contributed by atoms with Gasteiger partial charge in [0.15, 0.2) is 0 Å². The SMILES string of the molecule is N=C=O.O=[N+]([O-])c1ccccc1. The number of carbonyl (C=O) groups excluding carboxylic acids is 1. The first-order valence-electron chi connectivity index (χ1n) is 2.95. The third kappa shape index (κ3) is 3.92. The predicted octanol–water partition coefficient (Wildman–Crippen LogP) is 1.50. The van der Waals surface area contributed by atoms with Crippen LogP contribution < -0.4 is 0 Å². The Morgan fingerprint density at radius 1 is 1.33 bits per heavy atom. The molecule has 0 heterocycles. The summed E-state index contributed by atoms with van der Waals surface area (Å²) in [6.45, 7) is 0. The van der Waals surface area contributed by atoms with E-state index >= 15 is 0 Å². The van der Waals surface area contributed by atoms with E-state index in [1.807, 2.05) is 0 Å². The van der Waals surface area contributed by atoms with E-state index < -0.39 is 4.92 Å². The molecule has 0 amide bonds. The Kier molecular flexibility index (Phi) is 4.80. The van der Waals surface area contributed by atoms with Crippen LogP contribution in [0.1, 0.15) is 0 Å². The van der Waals surface area contributed by atoms with Crippen LogP contribution in [0.25, 0.3) is 0 Å². The summed E-state index contributed by atoms with van der Waals surface area (Å²) in [7, 11) is 0. The second-order valence-corrected chi connectivity index (χ2v) is 1.69. The van der Waals surface area contributed by atoms with Gasteiger partial charge in [-0.1, -0.05) is 18.2 Å². The summed E-state index contributed by atoms with van der Waals surface area (Å²) in [6, 6.07) is 7.93. The summed E-state index contributed by atoms with van der Waals surface area (Å²) < 4.78 is 0. The van der Waals surface area contributed by atoms with Crippen LogP contribution in [0, 0.1) is 15.5 Å². The minimum Gasteiger partial charge on any atom is -0.258 e. The molecule has 0 aliphatic carbocycles. The molecule has 62 valence electrons. The fourth-order valence-corrected chi connectivity index (χ4v) is 0.550. The van der Waals surface area contributed by atoms with Gasteiger partial charge in [0, 0.05) is 12.1 Å². The fraction of sp³-hybridized carbons (Fsp3) is 0. The van der Waals surface area contributed by atoms with Crippen LogP contribution in [-0.2, 0) is 4.79 Å². The average Bonchev–Trinajstić information content (AvgIpc) is 2.07. The number of nitrogens with zero attached hydrogens (tertiary/aromatic N) is 1. The molecule has 1 aromatic rings. The van der Waals surface area contributed by atoms with Crippen LogP contribution in [0.15, 0.2) is 30.3 Å². The van der Waals surface area contributed by atoms with E-state index in [9.17, 15) is 10.1 Å². The first-order valence-corrected chi connectivity index (χ1v) is 2.95. The Balaban J connectivity index is 0.000000354. The highest BCUT2D eigenvalue weighted by molar-refractivity contribution is 5.28. The van der Waals surface area contributed by atoms with Gasteiger partial charge in [-0.25, -0.2) is 10.2 Å². The molecular formula is C7H6N2O3. The zero-order valence-electron chi connectivity index (χ0n) is 6.06. The Labute approximate surface area is 68.3 Å². The van der Waals surface area contributed by atoms with Gasteiger partial charge < -0.3 is 0 Å². The van der Waals surface area contributed by atoms with Gasteiger partial charge in [-0.15, -0.1) is 0 Å². The van der Waals surface area contributed by atoms with Crippen molar-refractivity contribution in [2.75, 3.05) is 0 Å². The highest BCUT2D eigenvalue weighted by atomic mass is 16.6. The quantitative estimate of drug-likeness (QED) is 0.297. The largest absolute Gasteiger partial charge is 0.269 e. The van der Waals surface area contributed by atoms with Crippen LogP contribution in [0.3, 0.4) is 0 Å². The third-order valence-corrected chi connectivity index (χ3v) is 0.967. The Morgan fingerprint density at radius 3 is 2.00 bits per heavy atom. The molecule has 0 saturated carbocycles. The summed E-state index contributed by atoms with van der Waals surface area (Å²) in [4.78, 5) is 17.9. The summed E-state index contributed by atoms with van der Waals surface area (Å²) in [5.74, 6) is 0. The van der Waals surface area contributed by atoms with Crippen molar-refractivity contribution in [2.45, 2.75) is 0 Å². The standard InChI is InChI=1S/C6H5NO2.CHNO/c8-7(9)6-4-2-1-3-5-6;2-1-3/h1-5H;2H. The van der Waals surface area contributed by atoms with Crippen LogP contribution in [-0.4, -0.2) is 11.0 Å². The molecule has 5 heteroatoms. The normalized spacial score (nSPS) is 7.33. The number of hydrogen-bond acceptors (Lipinski definition) is 4. The molecule has 5 nitrogen and oxygen atoms in total. The highest BCUT2D eigenvalue weighted by Crippen LogP contribution is 2.06. The number of isocyanates is 1. The van der Waals surface area contributed by atoms with Crippen molar-refractivity contribution in [1.29, 1.82) is 5.41 Å². The fourth-order valence-electron chi connectivity index (χ4n) is 0.550. The van der Waals surface area contributed by atoms with Crippen LogP contribution >= 0.6 is 0 Å². The number of hydrogen-bond donors (Lipinski definition) is 1. The van der Waals surface area contributed by atoms with Crippen molar-refractivity contribution >= 4 is 11.8 Å². The van der Waals surface area contributed by atoms with Gasteiger partial charge >= 0.3 is 0 Å². The number of nitro groups is 1. The van der Waals surface area contributed by atoms with E-state index in [0.717, 1.165) is 6.08 Å². The number of benzene rings is 1. The molecule has 0 spiro atoms. The Morgan fingerprint density at radius 2 is 1.75 bits per heavy atom. The zero-order valence-corrected chi connectivity index (χ0v) is 6.06. The van der Waals surface area contributed by atoms with Gasteiger partial charge in [0.1, 0.15) is 0 Å². The summed E-state index contributed by atoms with van der Waals surface area (Å²) in [5.41, 5.74) is 0.137. The summed E-state index contributed by atoms with van der Waals surface area (Å²) in [6.07, 6.45) is 0.750. The van der Waals surface area contributed by atoms with Crippen molar-refractivity contribution < 1.29 is 9.72 Å². The first-order chi connectivity index (χ1) is 5.72. The Bertz CT molecular complexity index is 278. The van der Waals surface area contributed by atoms with E-state index in [2.05, 4.69) is 0 Å². The topological polar surface area (TPSA) is 84.1 Å². The first kappa shape index (κ1) is 10.0. The van der Waals surface area contributed by atoms with E-state index in [1.54, 1.807) is 18.2 Å². The summed E-state index contributed by atoms with van der Waals surface area (Å²) >= 11 is 0. The lowest BCUT2D eigenvalue weighted by atomic mass is 10.3. The van der Waals surface area contributed by atoms with Crippen molar-refractivity contribution in [3.05, 3.63) is 40.4 Å². The van der Waals surface area contributed by atoms with Gasteiger partial charge in [-0.2, -0.15) is 0 Å². The second kappa shape index (κ2) is 5.76. The van der Waals surface area contributed by atoms with E-state index in [-0.39, 0.29) is 5.69 Å². The van der Waals surface area contributed by atoms with Crippen LogP contribution in [0.2, 0.25) is 0 Å². The van der Waals surface area contributed by atoms with Crippen molar-refractivity contribution in [3.8, 4) is 0 Å². The second-order valence-electron chi connectivity index (χ2n) is 1.69. The van der Waals surface area contributed by atoms with E-state index in [4.69, 9.17) is 10.2 Å². The van der Waals surface area contributed by atoms with E-state index in [0.29, 0.717) is 0 Å². The van der Waals surface area contributed by atoms with Gasteiger partial charge in [0.05, 0.1) is 4.92 Å². The molecule has 0 aromatic heterocycles. The molecule has 0 aliphatic heterocycles. The van der Waals surface area contributed by atoms with Gasteiger partial charge in [-0.05, 0) is 0 Å².